The van der Waals surface area contributed by atoms with Crippen molar-refractivity contribution in [1.29, 1.82) is 0 Å². The molecule has 0 saturated heterocycles. The molecule has 2 aliphatic rings. The highest BCUT2D eigenvalue weighted by Crippen LogP contribution is 2.36. The van der Waals surface area contributed by atoms with Crippen LogP contribution in [0.1, 0.15) is 76.2 Å². The number of aromatic amines is 1. The second kappa shape index (κ2) is 7.69. The van der Waals surface area contributed by atoms with Crippen molar-refractivity contribution in [2.45, 2.75) is 58.0 Å². The highest BCUT2D eigenvalue weighted by atomic mass is 16.5. The molecule has 3 atom stereocenters. The molecular weight excluding hydrogens is 364 g/mol. The molecule has 1 N–H and O–H groups in total. The minimum Gasteiger partial charge on any atom is -0.457 e. The lowest BCUT2D eigenvalue weighted by molar-refractivity contribution is 0.0219. The van der Waals surface area contributed by atoms with E-state index in [0.29, 0.717) is 23.6 Å². The number of ketones is 1. The van der Waals surface area contributed by atoms with E-state index in [1.807, 2.05) is 21.0 Å². The summed E-state index contributed by atoms with van der Waals surface area (Å²) in [4.78, 5) is 31.0. The second-order valence-corrected chi connectivity index (χ2v) is 8.84. The van der Waals surface area contributed by atoms with E-state index in [9.17, 15) is 9.59 Å². The molecular formula is C24H30N2O3. The van der Waals surface area contributed by atoms with Gasteiger partial charge in [0, 0.05) is 37.5 Å². The maximum atomic E-state index is 12.9. The fourth-order valence-corrected chi connectivity index (χ4v) is 4.80. The van der Waals surface area contributed by atoms with Crippen LogP contribution in [0.15, 0.2) is 24.3 Å². The van der Waals surface area contributed by atoms with E-state index in [1.165, 1.54) is 0 Å². The van der Waals surface area contributed by atoms with Crippen LogP contribution >= 0.6 is 0 Å². The summed E-state index contributed by atoms with van der Waals surface area (Å²) in [6, 6.07) is 8.37. The number of hydrogen-bond acceptors (Lipinski definition) is 4. The Labute approximate surface area is 172 Å². The Kier molecular flexibility index (Phi) is 5.24. The molecule has 0 amide bonds. The van der Waals surface area contributed by atoms with Gasteiger partial charge in [-0.2, -0.15) is 0 Å². The third kappa shape index (κ3) is 3.70. The van der Waals surface area contributed by atoms with Gasteiger partial charge in [-0.1, -0.05) is 19.1 Å². The summed E-state index contributed by atoms with van der Waals surface area (Å²) in [6.07, 6.45) is 4.33. The summed E-state index contributed by atoms with van der Waals surface area (Å²) in [5, 5.41) is 0. The molecule has 0 radical (unpaired) electrons. The number of esters is 1. The van der Waals surface area contributed by atoms with Crippen LogP contribution in [0.2, 0.25) is 0 Å². The summed E-state index contributed by atoms with van der Waals surface area (Å²) in [5.41, 5.74) is 5.04. The van der Waals surface area contributed by atoms with Gasteiger partial charge >= 0.3 is 5.97 Å². The fourth-order valence-electron chi connectivity index (χ4n) is 4.80. The Bertz CT molecular complexity index is 926. The van der Waals surface area contributed by atoms with Gasteiger partial charge in [-0.05, 0) is 67.7 Å². The Morgan fingerprint density at radius 2 is 1.86 bits per heavy atom. The molecule has 1 aromatic heterocycles. The topological polar surface area (TPSA) is 62.4 Å². The lowest BCUT2D eigenvalue weighted by Crippen LogP contribution is -2.21. The molecule has 0 unspecified atom stereocenters. The predicted molar refractivity (Wildman–Crippen MR) is 114 cm³/mol. The first-order chi connectivity index (χ1) is 13.8. The Morgan fingerprint density at radius 3 is 2.48 bits per heavy atom. The van der Waals surface area contributed by atoms with Crippen LogP contribution in [0.3, 0.4) is 0 Å². The number of aromatic nitrogens is 1. The summed E-state index contributed by atoms with van der Waals surface area (Å²) in [6.45, 7) is 3.99. The van der Waals surface area contributed by atoms with Crippen molar-refractivity contribution in [2.75, 3.05) is 19.0 Å². The van der Waals surface area contributed by atoms with Gasteiger partial charge < -0.3 is 14.6 Å². The van der Waals surface area contributed by atoms with Crippen LogP contribution < -0.4 is 4.90 Å². The van der Waals surface area contributed by atoms with Gasteiger partial charge in [0.05, 0.1) is 0 Å². The average Bonchev–Trinajstić information content (AvgIpc) is 3.25. The first kappa shape index (κ1) is 19.7. The molecule has 2 aromatic rings. The zero-order valence-corrected chi connectivity index (χ0v) is 17.7. The van der Waals surface area contributed by atoms with Crippen LogP contribution in [0.25, 0.3) is 0 Å². The van der Waals surface area contributed by atoms with Gasteiger partial charge in [-0.25, -0.2) is 4.79 Å². The van der Waals surface area contributed by atoms with Gasteiger partial charge in [0.15, 0.2) is 5.78 Å². The third-order valence-electron chi connectivity index (χ3n) is 6.62. The number of anilines is 1. The molecule has 1 aromatic carbocycles. The van der Waals surface area contributed by atoms with E-state index in [0.717, 1.165) is 48.2 Å². The number of Topliss-reactive ketones (excluding diaryl/α,β-unsaturated/α-hetero) is 1. The first-order valence-electron chi connectivity index (χ1n) is 10.6. The zero-order valence-electron chi connectivity index (χ0n) is 17.7. The lowest BCUT2D eigenvalue weighted by Gasteiger charge is -2.23. The monoisotopic (exact) mass is 394 g/mol. The number of nitrogens with zero attached hydrogens (tertiary/aromatic N) is 1. The Morgan fingerprint density at radius 1 is 1.14 bits per heavy atom. The van der Waals surface area contributed by atoms with Crippen LogP contribution in [-0.4, -0.2) is 36.9 Å². The van der Waals surface area contributed by atoms with Crippen molar-refractivity contribution in [2.24, 2.45) is 5.92 Å². The molecule has 1 heterocycles. The second-order valence-electron chi connectivity index (χ2n) is 8.84. The van der Waals surface area contributed by atoms with Crippen LogP contribution in [0.5, 0.6) is 0 Å². The standard InChI is InChI=1S/C24H30N2O3/c1-14-6-5-7-21(14)29-24(28)23-15(2)22-19(25-23)12-17(13-20(22)27)16-8-10-18(11-9-16)26(3)4/h8-11,14,17,21,25H,5-7,12-13H2,1-4H3/t14-,17-,21-/m1/s1. The molecule has 1 fully saturated rings. The highest BCUT2D eigenvalue weighted by Gasteiger charge is 2.34. The maximum Gasteiger partial charge on any atom is 0.355 e. The molecule has 0 spiro atoms. The van der Waals surface area contributed by atoms with E-state index in [2.05, 4.69) is 41.1 Å². The van der Waals surface area contributed by atoms with E-state index < -0.39 is 0 Å². The average molecular weight is 395 g/mol. The molecule has 1 saturated carbocycles. The summed E-state index contributed by atoms with van der Waals surface area (Å²) < 4.78 is 5.76. The molecule has 154 valence electrons. The van der Waals surface area contributed by atoms with Crippen molar-refractivity contribution >= 4 is 17.4 Å². The van der Waals surface area contributed by atoms with E-state index in [-0.39, 0.29) is 23.8 Å². The number of fused-ring (bicyclic) bond motifs is 1. The number of ether oxygens (including phenoxy) is 1. The van der Waals surface area contributed by atoms with E-state index >= 15 is 0 Å². The van der Waals surface area contributed by atoms with Gasteiger partial charge in [0.2, 0.25) is 0 Å². The maximum absolute atomic E-state index is 12.9. The van der Waals surface area contributed by atoms with E-state index in [4.69, 9.17) is 4.74 Å². The normalized spacial score (nSPS) is 23.7. The van der Waals surface area contributed by atoms with Crippen molar-refractivity contribution in [1.82, 2.24) is 4.98 Å². The van der Waals surface area contributed by atoms with Crippen molar-refractivity contribution in [3.05, 3.63) is 52.3 Å². The fraction of sp³-hybridized carbons (Fsp3) is 0.500. The number of hydrogen-bond donors (Lipinski definition) is 1. The van der Waals surface area contributed by atoms with Crippen LogP contribution in [0.4, 0.5) is 5.69 Å². The molecule has 2 aliphatic carbocycles. The number of H-pyrrole nitrogens is 1. The minimum atomic E-state index is -0.324. The quantitative estimate of drug-likeness (QED) is 0.767. The SMILES string of the molecule is Cc1c(C(=O)O[C@@H]2CCC[C@H]2C)[nH]c2c1C(=O)C[C@H](c1ccc(N(C)C)cc1)C2. The van der Waals surface area contributed by atoms with Gasteiger partial charge in [0.25, 0.3) is 0 Å². The molecule has 5 heteroatoms. The number of nitrogens with one attached hydrogen (secondary N) is 1. The Hall–Kier alpha value is -2.56. The number of carbonyl (C=O) groups is 2. The minimum absolute atomic E-state index is 0.0131. The number of benzene rings is 1. The Balaban J connectivity index is 1.55. The molecule has 0 bridgehead atoms. The smallest absolute Gasteiger partial charge is 0.355 e. The van der Waals surface area contributed by atoms with Crippen molar-refractivity contribution < 1.29 is 14.3 Å². The van der Waals surface area contributed by atoms with Gasteiger partial charge in [-0.3, -0.25) is 4.79 Å². The number of rotatable bonds is 4. The molecule has 4 rings (SSSR count). The first-order valence-corrected chi connectivity index (χ1v) is 10.6. The predicted octanol–water partition coefficient (Wildman–Crippen LogP) is 4.65. The van der Waals surface area contributed by atoms with Crippen molar-refractivity contribution in [3.8, 4) is 0 Å². The lowest BCUT2D eigenvalue weighted by atomic mass is 9.81. The summed E-state index contributed by atoms with van der Waals surface area (Å²) in [7, 11) is 4.03. The zero-order chi connectivity index (χ0) is 20.7. The van der Waals surface area contributed by atoms with Crippen molar-refractivity contribution in [3.63, 3.8) is 0 Å². The van der Waals surface area contributed by atoms with Crippen LogP contribution in [0, 0.1) is 12.8 Å². The van der Waals surface area contributed by atoms with Gasteiger partial charge in [0.1, 0.15) is 11.8 Å². The largest absolute Gasteiger partial charge is 0.457 e. The van der Waals surface area contributed by atoms with Crippen LogP contribution in [-0.2, 0) is 11.2 Å². The molecule has 0 aliphatic heterocycles. The molecule has 5 nitrogen and oxygen atoms in total. The highest BCUT2D eigenvalue weighted by molar-refractivity contribution is 6.03. The third-order valence-corrected chi connectivity index (χ3v) is 6.62. The van der Waals surface area contributed by atoms with E-state index in [1.54, 1.807) is 0 Å². The summed E-state index contributed by atoms with van der Waals surface area (Å²) >= 11 is 0. The van der Waals surface area contributed by atoms with Gasteiger partial charge in [-0.15, -0.1) is 0 Å². The summed E-state index contributed by atoms with van der Waals surface area (Å²) in [5.74, 6) is 0.313. The number of carbonyl (C=O) groups excluding carboxylic acids is 2. The molecule has 29 heavy (non-hydrogen) atoms.